The lowest BCUT2D eigenvalue weighted by molar-refractivity contribution is -0.151. The van der Waals surface area contributed by atoms with Gasteiger partial charge in [-0.2, -0.15) is 5.26 Å². The van der Waals surface area contributed by atoms with Crippen LogP contribution in [0.2, 0.25) is 0 Å². The highest BCUT2D eigenvalue weighted by Gasteiger charge is 2.57. The number of aliphatic carboxylic acids is 1. The Hall–Kier alpha value is -4.42. The summed E-state index contributed by atoms with van der Waals surface area (Å²) in [6.07, 6.45) is 0. The molecule has 0 radical (unpaired) electrons. The van der Waals surface area contributed by atoms with Crippen molar-refractivity contribution in [2.75, 3.05) is 20.8 Å². The van der Waals surface area contributed by atoms with E-state index >= 15 is 0 Å². The minimum atomic E-state index is -1.37. The second-order valence-electron chi connectivity index (χ2n) is 9.21. The zero-order chi connectivity index (χ0) is 27.6. The number of carbonyl (C=O) groups is 3. The number of hydrogen-bond donors (Lipinski definition) is 1. The van der Waals surface area contributed by atoms with Gasteiger partial charge < -0.3 is 23.9 Å². The first-order valence-corrected chi connectivity index (χ1v) is 12.0. The lowest BCUT2D eigenvalue weighted by atomic mass is 9.76. The maximum absolute atomic E-state index is 14.3. The number of likely N-dealkylation sites (tertiary alicyclic amines) is 1. The third-order valence-corrected chi connectivity index (χ3v) is 6.97. The van der Waals surface area contributed by atoms with E-state index in [4.69, 9.17) is 13.9 Å². The normalized spacial score (nSPS) is 20.7. The molecule has 1 amide bonds. The molecule has 0 aliphatic carbocycles. The third-order valence-electron chi connectivity index (χ3n) is 6.97. The van der Waals surface area contributed by atoms with Crippen molar-refractivity contribution in [3.8, 4) is 11.8 Å². The van der Waals surface area contributed by atoms with Gasteiger partial charge in [-0.15, -0.1) is 0 Å². The first-order valence-electron chi connectivity index (χ1n) is 12.0. The van der Waals surface area contributed by atoms with Crippen LogP contribution in [0.25, 0.3) is 0 Å². The van der Waals surface area contributed by atoms with E-state index in [0.717, 1.165) is 0 Å². The Bertz CT molecular complexity index is 1390. The van der Waals surface area contributed by atoms with Crippen molar-refractivity contribution in [2.45, 2.75) is 31.8 Å². The van der Waals surface area contributed by atoms with Gasteiger partial charge in [0.1, 0.15) is 29.9 Å². The maximum atomic E-state index is 14.3. The van der Waals surface area contributed by atoms with Crippen molar-refractivity contribution >= 4 is 17.7 Å². The lowest BCUT2D eigenvalue weighted by Crippen LogP contribution is -2.45. The van der Waals surface area contributed by atoms with E-state index in [1.165, 1.54) is 19.1 Å². The largest absolute Gasteiger partial charge is 0.497 e. The molecular weight excluding hydrogens is 488 g/mol. The Morgan fingerprint density at radius 2 is 1.66 bits per heavy atom. The van der Waals surface area contributed by atoms with Gasteiger partial charge in [0.2, 0.25) is 5.91 Å². The summed E-state index contributed by atoms with van der Waals surface area (Å²) in [5.41, 5.74) is 1.83. The third kappa shape index (κ3) is 4.78. The van der Waals surface area contributed by atoms with Crippen molar-refractivity contribution < 1.29 is 33.4 Å². The summed E-state index contributed by atoms with van der Waals surface area (Å²) in [5, 5.41) is 19.8. The number of furan rings is 1. The summed E-state index contributed by atoms with van der Waals surface area (Å²) in [4.78, 5) is 41.8. The molecule has 2 heterocycles. The molecule has 0 bridgehead atoms. The van der Waals surface area contributed by atoms with Gasteiger partial charge in [-0.05, 0) is 55.3 Å². The van der Waals surface area contributed by atoms with E-state index in [2.05, 4.69) is 6.07 Å². The number of carboxylic acids is 1. The average Bonchev–Trinajstić information content (AvgIpc) is 3.45. The molecule has 1 N–H and O–H groups in total. The number of aryl methyl sites for hydroxylation is 2. The van der Waals surface area contributed by atoms with Crippen LogP contribution in [0.1, 0.15) is 50.5 Å². The number of nitriles is 1. The minimum Gasteiger partial charge on any atom is -0.497 e. The Labute approximate surface area is 220 Å². The predicted octanol–water partition coefficient (Wildman–Crippen LogP) is 4.04. The van der Waals surface area contributed by atoms with Crippen LogP contribution in [-0.4, -0.2) is 54.5 Å². The first kappa shape index (κ1) is 26.6. The molecule has 0 saturated carbocycles. The van der Waals surface area contributed by atoms with Gasteiger partial charge in [-0.1, -0.05) is 24.3 Å². The smallest absolute Gasteiger partial charge is 0.327 e. The summed E-state index contributed by atoms with van der Waals surface area (Å²) >= 11 is 0. The van der Waals surface area contributed by atoms with Crippen molar-refractivity contribution in [3.63, 3.8) is 0 Å². The molecule has 1 aliphatic heterocycles. The molecule has 196 valence electrons. The van der Waals surface area contributed by atoms with Crippen molar-refractivity contribution in [1.82, 2.24) is 4.90 Å². The number of ether oxygens (including phenoxy) is 2. The van der Waals surface area contributed by atoms with Crippen LogP contribution in [0.15, 0.2) is 59.0 Å². The average molecular weight is 517 g/mol. The number of hydrogen-bond acceptors (Lipinski definition) is 7. The second kappa shape index (κ2) is 10.9. The van der Waals surface area contributed by atoms with Crippen LogP contribution >= 0.6 is 0 Å². The van der Waals surface area contributed by atoms with Gasteiger partial charge in [0, 0.05) is 13.0 Å². The fourth-order valence-electron chi connectivity index (χ4n) is 5.39. The van der Waals surface area contributed by atoms with Crippen LogP contribution in [0.3, 0.4) is 0 Å². The number of carboxylic acid groups (broad SMARTS) is 1. The van der Waals surface area contributed by atoms with Crippen LogP contribution in [0, 0.1) is 31.1 Å². The number of benzene rings is 2. The Kier molecular flexibility index (Phi) is 7.65. The number of ketones is 1. The zero-order valence-corrected chi connectivity index (χ0v) is 21.5. The predicted molar refractivity (Wildman–Crippen MR) is 136 cm³/mol. The SMILES string of the molecule is COCC(=O)N1C(C(=O)O)C(c2ccc(OC)cc2)C(C(=O)c2cc(C)oc2C)C1c1ccc(C#N)cc1. The van der Waals surface area contributed by atoms with Gasteiger partial charge in [0.15, 0.2) is 5.78 Å². The summed E-state index contributed by atoms with van der Waals surface area (Å²) in [6, 6.07) is 14.7. The van der Waals surface area contributed by atoms with Crippen LogP contribution in [0.4, 0.5) is 0 Å². The van der Waals surface area contributed by atoms with E-state index in [-0.39, 0.29) is 12.4 Å². The van der Waals surface area contributed by atoms with Crippen molar-refractivity contribution in [1.29, 1.82) is 5.26 Å². The Balaban J connectivity index is 1.99. The highest BCUT2D eigenvalue weighted by molar-refractivity contribution is 6.02. The molecule has 38 heavy (non-hydrogen) atoms. The van der Waals surface area contributed by atoms with E-state index < -0.39 is 35.8 Å². The molecule has 2 aromatic carbocycles. The molecule has 0 spiro atoms. The Morgan fingerprint density at radius 1 is 1.03 bits per heavy atom. The number of rotatable bonds is 8. The molecule has 4 atom stereocenters. The molecular formula is C29H28N2O7. The summed E-state index contributed by atoms with van der Waals surface area (Å²) in [6.45, 7) is 3.04. The fraction of sp³-hybridized carbons (Fsp3) is 0.310. The zero-order valence-electron chi connectivity index (χ0n) is 21.5. The van der Waals surface area contributed by atoms with Gasteiger partial charge in [-0.3, -0.25) is 9.59 Å². The van der Waals surface area contributed by atoms with Gasteiger partial charge in [0.25, 0.3) is 0 Å². The number of nitrogens with zero attached hydrogens (tertiary/aromatic N) is 2. The molecule has 1 aliphatic rings. The second-order valence-corrected chi connectivity index (χ2v) is 9.21. The van der Waals surface area contributed by atoms with Crippen LogP contribution in [0.5, 0.6) is 5.75 Å². The summed E-state index contributed by atoms with van der Waals surface area (Å²) < 4.78 is 16.0. The van der Waals surface area contributed by atoms with E-state index in [0.29, 0.717) is 39.5 Å². The maximum Gasteiger partial charge on any atom is 0.327 e. The molecule has 1 fully saturated rings. The van der Waals surface area contributed by atoms with Crippen molar-refractivity contribution in [2.24, 2.45) is 5.92 Å². The van der Waals surface area contributed by atoms with Gasteiger partial charge in [0.05, 0.1) is 36.3 Å². The van der Waals surface area contributed by atoms with Gasteiger partial charge in [-0.25, -0.2) is 4.79 Å². The van der Waals surface area contributed by atoms with Crippen molar-refractivity contribution in [3.05, 3.63) is 88.4 Å². The standard InChI is InChI=1S/C29H28N2O7/c1-16-13-22(17(2)38-16)28(33)25-24(19-9-11-21(37-4)12-10-19)27(29(34)35)31(23(32)15-36-3)26(25)20-7-5-18(14-30)6-8-20/h5-13,24-27H,15H2,1-4H3,(H,34,35). The minimum absolute atomic E-state index is 0.329. The van der Waals surface area contributed by atoms with Crippen LogP contribution in [-0.2, 0) is 14.3 Å². The molecule has 4 rings (SSSR count). The first-order chi connectivity index (χ1) is 18.2. The van der Waals surface area contributed by atoms with E-state index in [1.54, 1.807) is 68.4 Å². The van der Waals surface area contributed by atoms with E-state index in [1.807, 2.05) is 0 Å². The number of amides is 1. The van der Waals surface area contributed by atoms with E-state index in [9.17, 15) is 24.8 Å². The molecule has 9 heteroatoms. The summed E-state index contributed by atoms with van der Waals surface area (Å²) in [7, 11) is 2.87. The highest BCUT2D eigenvalue weighted by atomic mass is 16.5. The molecule has 4 unspecified atom stereocenters. The lowest BCUT2D eigenvalue weighted by Gasteiger charge is -2.30. The summed E-state index contributed by atoms with van der Waals surface area (Å²) in [5.74, 6) is -2.51. The number of methoxy groups -OCH3 is 2. The molecule has 1 saturated heterocycles. The molecule has 3 aromatic rings. The molecule has 9 nitrogen and oxygen atoms in total. The quantitative estimate of drug-likeness (QED) is 0.444. The highest BCUT2D eigenvalue weighted by Crippen LogP contribution is 2.51. The molecule has 1 aromatic heterocycles. The Morgan fingerprint density at radius 3 is 2.16 bits per heavy atom. The van der Waals surface area contributed by atoms with Gasteiger partial charge >= 0.3 is 5.97 Å². The monoisotopic (exact) mass is 516 g/mol. The topological polar surface area (TPSA) is 130 Å². The van der Waals surface area contributed by atoms with Crippen LogP contribution < -0.4 is 4.74 Å². The fourth-order valence-corrected chi connectivity index (χ4v) is 5.39. The number of carbonyl (C=O) groups excluding carboxylic acids is 2. The number of Topliss-reactive ketones (excluding diaryl/α,β-unsaturated/α-hetero) is 1.